The number of thioether (sulfide) groups is 1. The van der Waals surface area contributed by atoms with Crippen molar-refractivity contribution < 1.29 is 4.79 Å². The van der Waals surface area contributed by atoms with E-state index in [0.717, 1.165) is 11.7 Å². The van der Waals surface area contributed by atoms with Gasteiger partial charge in [0.1, 0.15) is 0 Å². The SMILES string of the molecule is NC(=O)CSCC1CCCC1. The average molecular weight is 173 g/mol. The maximum absolute atomic E-state index is 10.4. The molecule has 1 aliphatic carbocycles. The molecule has 0 heterocycles. The Morgan fingerprint density at radius 1 is 1.45 bits per heavy atom. The Kier molecular flexibility index (Phi) is 3.77. The molecule has 1 saturated carbocycles. The lowest BCUT2D eigenvalue weighted by atomic mass is 10.1. The van der Waals surface area contributed by atoms with Gasteiger partial charge >= 0.3 is 0 Å². The van der Waals surface area contributed by atoms with E-state index in [1.165, 1.54) is 25.7 Å². The lowest BCUT2D eigenvalue weighted by Gasteiger charge is -2.05. The molecule has 2 N–H and O–H groups in total. The Morgan fingerprint density at radius 2 is 2.09 bits per heavy atom. The van der Waals surface area contributed by atoms with Crippen LogP contribution in [0.15, 0.2) is 0 Å². The number of carbonyl (C=O) groups excluding carboxylic acids is 1. The zero-order chi connectivity index (χ0) is 8.10. The third-order valence-electron chi connectivity index (χ3n) is 2.07. The van der Waals surface area contributed by atoms with E-state index in [9.17, 15) is 4.79 Å². The molecule has 0 saturated heterocycles. The van der Waals surface area contributed by atoms with Gasteiger partial charge in [0.15, 0.2) is 0 Å². The molecule has 0 aliphatic heterocycles. The van der Waals surface area contributed by atoms with Crippen LogP contribution in [-0.2, 0) is 4.79 Å². The number of primary amides is 1. The van der Waals surface area contributed by atoms with Gasteiger partial charge in [-0.15, -0.1) is 0 Å². The summed E-state index contributed by atoms with van der Waals surface area (Å²) in [6.07, 6.45) is 5.46. The van der Waals surface area contributed by atoms with Crippen LogP contribution in [0.2, 0.25) is 0 Å². The fourth-order valence-electron chi connectivity index (χ4n) is 1.50. The first-order valence-electron chi connectivity index (χ1n) is 4.15. The molecule has 3 heteroatoms. The predicted octanol–water partition coefficient (Wildman–Crippen LogP) is 1.40. The smallest absolute Gasteiger partial charge is 0.227 e. The van der Waals surface area contributed by atoms with E-state index in [1.807, 2.05) is 0 Å². The van der Waals surface area contributed by atoms with Crippen molar-refractivity contribution in [3.05, 3.63) is 0 Å². The molecule has 0 atom stereocenters. The van der Waals surface area contributed by atoms with Gasteiger partial charge in [0.2, 0.25) is 5.91 Å². The van der Waals surface area contributed by atoms with Crippen molar-refractivity contribution in [3.8, 4) is 0 Å². The summed E-state index contributed by atoms with van der Waals surface area (Å²) in [5.41, 5.74) is 5.02. The second kappa shape index (κ2) is 4.65. The molecular formula is C8H15NOS. The van der Waals surface area contributed by atoms with E-state index in [4.69, 9.17) is 5.73 Å². The van der Waals surface area contributed by atoms with E-state index >= 15 is 0 Å². The molecule has 1 fully saturated rings. The van der Waals surface area contributed by atoms with Gasteiger partial charge in [-0.25, -0.2) is 0 Å². The van der Waals surface area contributed by atoms with E-state index in [2.05, 4.69) is 0 Å². The minimum Gasteiger partial charge on any atom is -0.369 e. The van der Waals surface area contributed by atoms with Gasteiger partial charge in [-0.05, 0) is 24.5 Å². The van der Waals surface area contributed by atoms with Crippen LogP contribution < -0.4 is 5.73 Å². The lowest BCUT2D eigenvalue weighted by molar-refractivity contribution is -0.115. The van der Waals surface area contributed by atoms with Gasteiger partial charge in [0, 0.05) is 0 Å². The van der Waals surface area contributed by atoms with Gasteiger partial charge in [0.05, 0.1) is 5.75 Å². The largest absolute Gasteiger partial charge is 0.369 e. The molecule has 0 unspecified atom stereocenters. The average Bonchev–Trinajstić information content (AvgIpc) is 2.39. The molecule has 0 aromatic rings. The number of amides is 1. The number of carbonyl (C=O) groups is 1. The Morgan fingerprint density at radius 3 is 2.64 bits per heavy atom. The third-order valence-corrected chi connectivity index (χ3v) is 3.27. The molecule has 0 bridgehead atoms. The van der Waals surface area contributed by atoms with Crippen LogP contribution in [0.5, 0.6) is 0 Å². The lowest BCUT2D eigenvalue weighted by Crippen LogP contribution is -2.14. The van der Waals surface area contributed by atoms with Gasteiger partial charge in [-0.1, -0.05) is 12.8 Å². The zero-order valence-corrected chi connectivity index (χ0v) is 7.53. The predicted molar refractivity (Wildman–Crippen MR) is 48.5 cm³/mol. The topological polar surface area (TPSA) is 43.1 Å². The monoisotopic (exact) mass is 173 g/mol. The van der Waals surface area contributed by atoms with E-state index in [-0.39, 0.29) is 5.91 Å². The quantitative estimate of drug-likeness (QED) is 0.698. The van der Waals surface area contributed by atoms with Crippen molar-refractivity contribution in [1.29, 1.82) is 0 Å². The second-order valence-electron chi connectivity index (χ2n) is 3.13. The summed E-state index contributed by atoms with van der Waals surface area (Å²) >= 11 is 1.68. The van der Waals surface area contributed by atoms with Crippen molar-refractivity contribution in [1.82, 2.24) is 0 Å². The number of hydrogen-bond donors (Lipinski definition) is 1. The second-order valence-corrected chi connectivity index (χ2v) is 4.16. The van der Waals surface area contributed by atoms with Crippen LogP contribution >= 0.6 is 11.8 Å². The zero-order valence-electron chi connectivity index (χ0n) is 6.71. The summed E-state index contributed by atoms with van der Waals surface area (Å²) in [6, 6.07) is 0. The van der Waals surface area contributed by atoms with Gasteiger partial charge in [0.25, 0.3) is 0 Å². The van der Waals surface area contributed by atoms with Crippen LogP contribution in [0.3, 0.4) is 0 Å². The van der Waals surface area contributed by atoms with E-state index < -0.39 is 0 Å². The molecule has 2 nitrogen and oxygen atoms in total. The molecule has 0 aromatic heterocycles. The van der Waals surface area contributed by atoms with Crippen LogP contribution in [0.25, 0.3) is 0 Å². The summed E-state index contributed by atoms with van der Waals surface area (Å²) in [7, 11) is 0. The highest BCUT2D eigenvalue weighted by Crippen LogP contribution is 2.27. The molecule has 1 rings (SSSR count). The summed E-state index contributed by atoms with van der Waals surface area (Å²) in [5.74, 6) is 2.30. The van der Waals surface area contributed by atoms with Crippen LogP contribution in [0.1, 0.15) is 25.7 Å². The van der Waals surface area contributed by atoms with E-state index in [1.54, 1.807) is 11.8 Å². The Balaban J connectivity index is 1.98. The van der Waals surface area contributed by atoms with E-state index in [0.29, 0.717) is 5.75 Å². The molecule has 0 radical (unpaired) electrons. The molecule has 1 aliphatic rings. The van der Waals surface area contributed by atoms with Crippen molar-refractivity contribution >= 4 is 17.7 Å². The fraction of sp³-hybridized carbons (Fsp3) is 0.875. The van der Waals surface area contributed by atoms with Crippen molar-refractivity contribution in [2.45, 2.75) is 25.7 Å². The van der Waals surface area contributed by atoms with Crippen LogP contribution in [-0.4, -0.2) is 17.4 Å². The fourth-order valence-corrected chi connectivity index (χ4v) is 2.49. The van der Waals surface area contributed by atoms with Gasteiger partial charge < -0.3 is 5.73 Å². The van der Waals surface area contributed by atoms with Crippen LogP contribution in [0.4, 0.5) is 0 Å². The Labute approximate surface area is 71.9 Å². The number of nitrogens with two attached hydrogens (primary N) is 1. The molecule has 0 spiro atoms. The highest BCUT2D eigenvalue weighted by molar-refractivity contribution is 7.99. The molecule has 64 valence electrons. The minimum absolute atomic E-state index is 0.187. The maximum atomic E-state index is 10.4. The molecular weight excluding hydrogens is 158 g/mol. The summed E-state index contributed by atoms with van der Waals surface area (Å²) in [6.45, 7) is 0. The first-order chi connectivity index (χ1) is 5.29. The third kappa shape index (κ3) is 3.65. The summed E-state index contributed by atoms with van der Waals surface area (Å²) < 4.78 is 0. The van der Waals surface area contributed by atoms with Crippen molar-refractivity contribution in [2.75, 3.05) is 11.5 Å². The summed E-state index contributed by atoms with van der Waals surface area (Å²) in [4.78, 5) is 10.4. The first kappa shape index (κ1) is 8.91. The number of rotatable bonds is 4. The normalized spacial score (nSPS) is 18.9. The van der Waals surface area contributed by atoms with Gasteiger partial charge in [-0.2, -0.15) is 11.8 Å². The minimum atomic E-state index is -0.187. The maximum Gasteiger partial charge on any atom is 0.227 e. The molecule has 1 amide bonds. The van der Waals surface area contributed by atoms with Gasteiger partial charge in [-0.3, -0.25) is 4.79 Å². The molecule has 11 heavy (non-hydrogen) atoms. The highest BCUT2D eigenvalue weighted by Gasteiger charge is 2.14. The number of hydrogen-bond acceptors (Lipinski definition) is 2. The van der Waals surface area contributed by atoms with Crippen molar-refractivity contribution in [2.24, 2.45) is 11.7 Å². The van der Waals surface area contributed by atoms with Crippen molar-refractivity contribution in [3.63, 3.8) is 0 Å². The Bertz CT molecular complexity index is 132. The summed E-state index contributed by atoms with van der Waals surface area (Å²) in [5, 5.41) is 0. The standard InChI is InChI=1S/C8H15NOS/c9-8(10)6-11-5-7-3-1-2-4-7/h7H,1-6H2,(H2,9,10). The van der Waals surface area contributed by atoms with Crippen LogP contribution in [0, 0.1) is 5.92 Å². The first-order valence-corrected chi connectivity index (χ1v) is 5.30. The highest BCUT2D eigenvalue weighted by atomic mass is 32.2. The Hall–Kier alpha value is -0.180. The molecule has 0 aromatic carbocycles.